The maximum absolute atomic E-state index is 12.0. The van der Waals surface area contributed by atoms with E-state index in [0.29, 0.717) is 17.4 Å². The quantitative estimate of drug-likeness (QED) is 0.832. The average Bonchev–Trinajstić information content (AvgIpc) is 3.11. The second-order valence-electron chi connectivity index (χ2n) is 4.73. The van der Waals surface area contributed by atoms with Crippen LogP contribution in [0.25, 0.3) is 11.5 Å². The molecule has 6 nitrogen and oxygen atoms in total. The van der Waals surface area contributed by atoms with Crippen LogP contribution in [0.2, 0.25) is 0 Å². The zero-order valence-electron chi connectivity index (χ0n) is 10.5. The smallest absolute Gasteiger partial charge is 0.234 e. The molecule has 2 aromatic heterocycles. The summed E-state index contributed by atoms with van der Waals surface area (Å²) >= 11 is 0. The van der Waals surface area contributed by atoms with Crippen molar-refractivity contribution < 1.29 is 9.32 Å². The molecule has 0 amide bonds. The zero-order valence-corrected chi connectivity index (χ0v) is 10.5. The number of Topliss-reactive ketones (excluding diaryl/α,β-unsaturated/α-hetero) is 1. The van der Waals surface area contributed by atoms with E-state index >= 15 is 0 Å². The van der Waals surface area contributed by atoms with Crippen molar-refractivity contribution in [2.75, 3.05) is 0 Å². The van der Waals surface area contributed by atoms with Crippen molar-refractivity contribution in [3.63, 3.8) is 0 Å². The SMILES string of the molecule is O=C(Cc1nc(-c2ccncn2)no1)C1CCCC1. The number of carbonyl (C=O) groups excluding carboxylic acids is 1. The molecule has 3 rings (SSSR count). The van der Waals surface area contributed by atoms with Gasteiger partial charge in [-0.15, -0.1) is 0 Å². The number of nitrogens with zero attached hydrogens (tertiary/aromatic N) is 4. The van der Waals surface area contributed by atoms with Crippen LogP contribution < -0.4 is 0 Å². The van der Waals surface area contributed by atoms with Gasteiger partial charge < -0.3 is 4.52 Å². The Labute approximate surface area is 110 Å². The van der Waals surface area contributed by atoms with Crippen molar-refractivity contribution in [1.82, 2.24) is 20.1 Å². The van der Waals surface area contributed by atoms with E-state index in [-0.39, 0.29) is 18.1 Å². The third-order valence-corrected chi connectivity index (χ3v) is 3.42. The number of hydrogen-bond acceptors (Lipinski definition) is 6. The predicted octanol–water partition coefficient (Wildman–Crippen LogP) is 1.83. The molecular weight excluding hydrogens is 244 g/mol. The lowest BCUT2D eigenvalue weighted by Gasteiger charge is -2.04. The monoisotopic (exact) mass is 258 g/mol. The summed E-state index contributed by atoms with van der Waals surface area (Å²) in [6.45, 7) is 0. The minimum atomic E-state index is 0.175. The van der Waals surface area contributed by atoms with Crippen LogP contribution >= 0.6 is 0 Å². The number of ketones is 1. The minimum absolute atomic E-state index is 0.175. The second kappa shape index (κ2) is 5.26. The van der Waals surface area contributed by atoms with E-state index in [0.717, 1.165) is 25.7 Å². The molecule has 0 spiro atoms. The Morgan fingerprint density at radius 1 is 1.37 bits per heavy atom. The van der Waals surface area contributed by atoms with E-state index in [1.165, 1.54) is 6.33 Å². The van der Waals surface area contributed by atoms with Gasteiger partial charge in [0.2, 0.25) is 11.7 Å². The molecule has 6 heteroatoms. The molecule has 19 heavy (non-hydrogen) atoms. The Morgan fingerprint density at radius 3 is 2.95 bits per heavy atom. The summed E-state index contributed by atoms with van der Waals surface area (Å²) in [5.74, 6) is 1.15. The first-order valence-electron chi connectivity index (χ1n) is 6.44. The van der Waals surface area contributed by atoms with Gasteiger partial charge in [-0.05, 0) is 18.9 Å². The molecule has 98 valence electrons. The molecule has 0 atom stereocenters. The van der Waals surface area contributed by atoms with E-state index < -0.39 is 0 Å². The lowest BCUT2D eigenvalue weighted by atomic mass is 10.0. The summed E-state index contributed by atoms with van der Waals surface area (Å²) in [6.07, 6.45) is 7.54. The fourth-order valence-electron chi connectivity index (χ4n) is 2.39. The van der Waals surface area contributed by atoms with Crippen LogP contribution in [0.15, 0.2) is 23.1 Å². The summed E-state index contributed by atoms with van der Waals surface area (Å²) in [5, 5.41) is 3.84. The standard InChI is InChI=1S/C13H14N4O2/c18-11(9-3-1-2-4-9)7-12-16-13(17-19-12)10-5-6-14-8-15-10/h5-6,8-9H,1-4,7H2. The fourth-order valence-corrected chi connectivity index (χ4v) is 2.39. The first kappa shape index (κ1) is 12.0. The Morgan fingerprint density at radius 2 is 2.21 bits per heavy atom. The second-order valence-corrected chi connectivity index (χ2v) is 4.73. The highest BCUT2D eigenvalue weighted by molar-refractivity contribution is 5.82. The van der Waals surface area contributed by atoms with E-state index in [1.54, 1.807) is 12.3 Å². The molecule has 0 aliphatic heterocycles. The van der Waals surface area contributed by atoms with E-state index in [9.17, 15) is 4.79 Å². The van der Waals surface area contributed by atoms with Gasteiger partial charge in [0.25, 0.3) is 0 Å². The summed E-state index contributed by atoms with van der Waals surface area (Å²) in [5.41, 5.74) is 0.596. The molecule has 0 saturated heterocycles. The predicted molar refractivity (Wildman–Crippen MR) is 66.0 cm³/mol. The third-order valence-electron chi connectivity index (χ3n) is 3.42. The van der Waals surface area contributed by atoms with Gasteiger partial charge in [-0.2, -0.15) is 4.98 Å². The topological polar surface area (TPSA) is 81.8 Å². The molecule has 0 unspecified atom stereocenters. The fraction of sp³-hybridized carbons (Fsp3) is 0.462. The summed E-state index contributed by atoms with van der Waals surface area (Å²) in [7, 11) is 0. The van der Waals surface area contributed by atoms with E-state index in [1.807, 2.05) is 0 Å². The number of hydrogen-bond donors (Lipinski definition) is 0. The van der Waals surface area contributed by atoms with Gasteiger partial charge >= 0.3 is 0 Å². The van der Waals surface area contributed by atoms with Crippen LogP contribution in [0.3, 0.4) is 0 Å². The number of carbonyl (C=O) groups is 1. The van der Waals surface area contributed by atoms with Crippen molar-refractivity contribution in [3.05, 3.63) is 24.5 Å². The molecule has 1 saturated carbocycles. The van der Waals surface area contributed by atoms with E-state index in [4.69, 9.17) is 4.52 Å². The maximum atomic E-state index is 12.0. The minimum Gasteiger partial charge on any atom is -0.338 e. The molecule has 0 bridgehead atoms. The third kappa shape index (κ3) is 2.67. The molecule has 1 fully saturated rings. The van der Waals surface area contributed by atoms with Crippen LogP contribution in [0.1, 0.15) is 31.6 Å². The molecule has 1 aliphatic carbocycles. The molecule has 0 radical (unpaired) electrons. The highest BCUT2D eigenvalue weighted by Gasteiger charge is 2.24. The molecule has 1 aliphatic rings. The van der Waals surface area contributed by atoms with Crippen molar-refractivity contribution in [2.24, 2.45) is 5.92 Å². The van der Waals surface area contributed by atoms with Crippen molar-refractivity contribution >= 4 is 5.78 Å². The van der Waals surface area contributed by atoms with E-state index in [2.05, 4.69) is 20.1 Å². The largest absolute Gasteiger partial charge is 0.338 e. The highest BCUT2D eigenvalue weighted by atomic mass is 16.5. The average molecular weight is 258 g/mol. The highest BCUT2D eigenvalue weighted by Crippen LogP contribution is 2.26. The van der Waals surface area contributed by atoms with Crippen molar-refractivity contribution in [1.29, 1.82) is 0 Å². The van der Waals surface area contributed by atoms with Gasteiger partial charge in [-0.1, -0.05) is 18.0 Å². The number of aromatic nitrogens is 4. The molecule has 2 heterocycles. The van der Waals surface area contributed by atoms with Crippen LogP contribution in [0.5, 0.6) is 0 Å². The Balaban J connectivity index is 1.70. The van der Waals surface area contributed by atoms with Gasteiger partial charge in [0.05, 0.1) is 6.42 Å². The first-order chi connectivity index (χ1) is 9.33. The zero-order chi connectivity index (χ0) is 13.1. The normalized spacial score (nSPS) is 15.8. The summed E-state index contributed by atoms with van der Waals surface area (Å²) in [6, 6.07) is 1.70. The molecule has 0 N–H and O–H groups in total. The molecular formula is C13H14N4O2. The maximum Gasteiger partial charge on any atom is 0.234 e. The van der Waals surface area contributed by atoms with Gasteiger partial charge in [-0.3, -0.25) is 4.79 Å². The van der Waals surface area contributed by atoms with Crippen LogP contribution in [-0.2, 0) is 11.2 Å². The van der Waals surface area contributed by atoms with Gasteiger partial charge in [0.1, 0.15) is 17.8 Å². The van der Waals surface area contributed by atoms with Gasteiger partial charge in [-0.25, -0.2) is 9.97 Å². The number of rotatable bonds is 4. The van der Waals surface area contributed by atoms with Gasteiger partial charge in [0.15, 0.2) is 0 Å². The Hall–Kier alpha value is -2.11. The molecule has 0 aromatic carbocycles. The van der Waals surface area contributed by atoms with Crippen LogP contribution in [0, 0.1) is 5.92 Å². The lowest BCUT2D eigenvalue weighted by molar-refractivity contribution is -0.122. The lowest BCUT2D eigenvalue weighted by Crippen LogP contribution is -2.13. The Kier molecular flexibility index (Phi) is 3.31. The summed E-state index contributed by atoms with van der Waals surface area (Å²) < 4.78 is 5.11. The van der Waals surface area contributed by atoms with Crippen LogP contribution in [0.4, 0.5) is 0 Å². The van der Waals surface area contributed by atoms with Gasteiger partial charge in [0, 0.05) is 12.1 Å². The van der Waals surface area contributed by atoms with Crippen LogP contribution in [-0.4, -0.2) is 25.9 Å². The summed E-state index contributed by atoms with van der Waals surface area (Å²) in [4.78, 5) is 24.1. The van der Waals surface area contributed by atoms with Crippen molar-refractivity contribution in [3.8, 4) is 11.5 Å². The van der Waals surface area contributed by atoms with Crippen molar-refractivity contribution in [2.45, 2.75) is 32.1 Å². The Bertz CT molecular complexity index is 561. The first-order valence-corrected chi connectivity index (χ1v) is 6.44. The molecule has 2 aromatic rings.